The fourth-order valence-electron chi connectivity index (χ4n) is 2.69. The van der Waals surface area contributed by atoms with Crippen LogP contribution >= 0.6 is 23.8 Å². The van der Waals surface area contributed by atoms with E-state index in [4.69, 9.17) is 23.8 Å². The van der Waals surface area contributed by atoms with Gasteiger partial charge in [0.1, 0.15) is 0 Å². The zero-order valence-electron chi connectivity index (χ0n) is 16.0. The third kappa shape index (κ3) is 5.40. The Kier molecular flexibility index (Phi) is 6.60. The van der Waals surface area contributed by atoms with Gasteiger partial charge >= 0.3 is 0 Å². The van der Waals surface area contributed by atoms with Crippen LogP contribution in [-0.4, -0.2) is 39.4 Å². The van der Waals surface area contributed by atoms with Crippen molar-refractivity contribution in [2.75, 3.05) is 13.6 Å². The SMILES string of the molecule is CCn1c(-c2ccc(Cl)cc2)nn(C[NH+](C)CC(=O)NC(C)(C)C)c1=S. The third-order valence-corrected chi connectivity index (χ3v) is 4.42. The summed E-state index contributed by atoms with van der Waals surface area (Å²) in [6, 6.07) is 7.55. The van der Waals surface area contributed by atoms with Crippen LogP contribution in [0.5, 0.6) is 0 Å². The number of benzene rings is 1. The molecule has 0 fully saturated rings. The Morgan fingerprint density at radius 1 is 1.31 bits per heavy atom. The maximum absolute atomic E-state index is 12.1. The number of aromatic nitrogens is 3. The Hall–Kier alpha value is -1.70. The highest BCUT2D eigenvalue weighted by molar-refractivity contribution is 7.71. The average Bonchev–Trinajstić information content (AvgIpc) is 2.82. The van der Waals surface area contributed by atoms with Gasteiger partial charge in [-0.05, 0) is 64.2 Å². The van der Waals surface area contributed by atoms with Crippen LogP contribution in [0.4, 0.5) is 0 Å². The van der Waals surface area contributed by atoms with E-state index < -0.39 is 0 Å². The number of hydrogen-bond donors (Lipinski definition) is 2. The van der Waals surface area contributed by atoms with Gasteiger partial charge in [-0.25, -0.2) is 0 Å². The molecule has 26 heavy (non-hydrogen) atoms. The zero-order valence-corrected chi connectivity index (χ0v) is 17.5. The van der Waals surface area contributed by atoms with Gasteiger partial charge in [-0.3, -0.25) is 4.79 Å². The van der Waals surface area contributed by atoms with Gasteiger partial charge in [0.25, 0.3) is 5.91 Å². The van der Waals surface area contributed by atoms with Gasteiger partial charge in [-0.2, -0.15) is 4.68 Å². The van der Waals surface area contributed by atoms with Crippen molar-refractivity contribution < 1.29 is 9.69 Å². The highest BCUT2D eigenvalue weighted by Crippen LogP contribution is 2.20. The number of carbonyl (C=O) groups excluding carboxylic acids is 1. The molecule has 2 rings (SSSR count). The molecule has 0 aliphatic rings. The minimum atomic E-state index is -0.237. The standard InChI is InChI=1S/C18H26ClN5OS/c1-6-23-16(13-7-9-14(19)10-8-13)21-24(17(23)26)12-22(5)11-15(25)20-18(2,3)4/h7-10H,6,11-12H2,1-5H3,(H,20,25)/p+1. The van der Waals surface area contributed by atoms with Crippen LogP contribution in [-0.2, 0) is 18.0 Å². The molecular formula is C18H27ClN5OS+. The van der Waals surface area contributed by atoms with E-state index in [1.165, 1.54) is 0 Å². The second-order valence-corrected chi connectivity index (χ2v) is 8.25. The number of nitrogens with zero attached hydrogens (tertiary/aromatic N) is 3. The van der Waals surface area contributed by atoms with E-state index in [1.807, 2.05) is 63.6 Å². The Balaban J connectivity index is 2.19. The quantitative estimate of drug-likeness (QED) is 0.735. The van der Waals surface area contributed by atoms with E-state index in [1.54, 1.807) is 4.68 Å². The van der Waals surface area contributed by atoms with Gasteiger partial charge in [0.2, 0.25) is 4.77 Å². The molecule has 0 saturated carbocycles. The predicted octanol–water partition coefficient (Wildman–Crippen LogP) is 2.14. The van der Waals surface area contributed by atoms with Gasteiger partial charge in [0, 0.05) is 22.7 Å². The summed E-state index contributed by atoms with van der Waals surface area (Å²) in [5.41, 5.74) is 0.725. The van der Waals surface area contributed by atoms with Crippen LogP contribution in [0.15, 0.2) is 24.3 Å². The smallest absolute Gasteiger partial charge is 0.275 e. The Morgan fingerprint density at radius 3 is 2.46 bits per heavy atom. The lowest BCUT2D eigenvalue weighted by Crippen LogP contribution is -3.09. The molecule has 0 saturated heterocycles. The molecule has 1 aromatic heterocycles. The monoisotopic (exact) mass is 396 g/mol. The molecule has 0 spiro atoms. The predicted molar refractivity (Wildman–Crippen MR) is 107 cm³/mol. The summed E-state index contributed by atoms with van der Waals surface area (Å²) in [5, 5.41) is 8.34. The lowest BCUT2D eigenvalue weighted by Gasteiger charge is -2.21. The fraction of sp³-hybridized carbons (Fsp3) is 0.500. The number of nitrogens with one attached hydrogen (secondary N) is 2. The van der Waals surface area contributed by atoms with Crippen LogP contribution in [0.2, 0.25) is 5.02 Å². The summed E-state index contributed by atoms with van der Waals surface area (Å²) in [5.74, 6) is 0.815. The number of rotatable bonds is 6. The zero-order chi connectivity index (χ0) is 19.5. The molecule has 1 aromatic carbocycles. The molecule has 2 aromatic rings. The van der Waals surface area contributed by atoms with E-state index in [-0.39, 0.29) is 11.4 Å². The van der Waals surface area contributed by atoms with E-state index in [2.05, 4.69) is 10.4 Å². The minimum Gasteiger partial charge on any atom is -0.347 e. The Labute approximate surface area is 164 Å². The summed E-state index contributed by atoms with van der Waals surface area (Å²) in [7, 11) is 1.96. The molecule has 1 amide bonds. The average molecular weight is 397 g/mol. The molecule has 1 unspecified atom stereocenters. The third-order valence-electron chi connectivity index (χ3n) is 3.74. The lowest BCUT2D eigenvalue weighted by molar-refractivity contribution is -0.895. The number of halogens is 1. The number of quaternary nitrogens is 1. The molecular weight excluding hydrogens is 370 g/mol. The number of hydrogen-bond acceptors (Lipinski definition) is 3. The minimum absolute atomic E-state index is 0.00867. The van der Waals surface area contributed by atoms with Crippen molar-refractivity contribution in [3.8, 4) is 11.4 Å². The molecule has 1 atom stereocenters. The first-order valence-corrected chi connectivity index (χ1v) is 9.45. The first-order chi connectivity index (χ1) is 12.1. The molecule has 2 N–H and O–H groups in total. The molecule has 1 heterocycles. The van der Waals surface area contributed by atoms with Crippen molar-refractivity contribution in [3.63, 3.8) is 0 Å². The van der Waals surface area contributed by atoms with Gasteiger partial charge in [0.05, 0.1) is 7.05 Å². The van der Waals surface area contributed by atoms with Crippen molar-refractivity contribution >= 4 is 29.7 Å². The summed E-state index contributed by atoms with van der Waals surface area (Å²) >= 11 is 11.6. The number of amides is 1. The highest BCUT2D eigenvalue weighted by atomic mass is 35.5. The van der Waals surface area contributed by atoms with Gasteiger partial charge in [-0.15, -0.1) is 5.10 Å². The fourth-order valence-corrected chi connectivity index (χ4v) is 3.14. The highest BCUT2D eigenvalue weighted by Gasteiger charge is 2.19. The Bertz CT molecular complexity index is 820. The van der Waals surface area contributed by atoms with Crippen LogP contribution in [0.3, 0.4) is 0 Å². The van der Waals surface area contributed by atoms with Gasteiger partial charge in [-0.1, -0.05) is 11.6 Å². The first-order valence-electron chi connectivity index (χ1n) is 8.66. The van der Waals surface area contributed by atoms with E-state index in [0.717, 1.165) is 22.8 Å². The summed E-state index contributed by atoms with van der Waals surface area (Å²) in [6.45, 7) is 9.54. The second-order valence-electron chi connectivity index (χ2n) is 7.45. The normalized spacial score (nSPS) is 12.8. The van der Waals surface area contributed by atoms with Crippen LogP contribution in [0.25, 0.3) is 11.4 Å². The molecule has 0 aliphatic heterocycles. The van der Waals surface area contributed by atoms with Crippen molar-refractivity contribution in [2.45, 2.75) is 46.4 Å². The summed E-state index contributed by atoms with van der Waals surface area (Å²) < 4.78 is 4.41. The molecule has 0 aliphatic carbocycles. The van der Waals surface area contributed by atoms with E-state index >= 15 is 0 Å². The maximum Gasteiger partial charge on any atom is 0.275 e. The Morgan fingerprint density at radius 2 is 1.92 bits per heavy atom. The van der Waals surface area contributed by atoms with Crippen molar-refractivity contribution in [3.05, 3.63) is 34.1 Å². The van der Waals surface area contributed by atoms with Crippen LogP contribution in [0.1, 0.15) is 27.7 Å². The van der Waals surface area contributed by atoms with Gasteiger partial charge in [0.15, 0.2) is 19.0 Å². The topological polar surface area (TPSA) is 56.3 Å². The summed E-state index contributed by atoms with van der Waals surface area (Å²) in [4.78, 5) is 13.1. The molecule has 8 heteroatoms. The van der Waals surface area contributed by atoms with Crippen molar-refractivity contribution in [2.24, 2.45) is 0 Å². The maximum atomic E-state index is 12.1. The van der Waals surface area contributed by atoms with Crippen LogP contribution in [0, 0.1) is 4.77 Å². The van der Waals surface area contributed by atoms with Crippen molar-refractivity contribution in [1.82, 2.24) is 19.7 Å². The molecule has 142 valence electrons. The molecule has 0 bridgehead atoms. The number of carbonyl (C=O) groups is 1. The molecule has 6 nitrogen and oxygen atoms in total. The largest absolute Gasteiger partial charge is 0.347 e. The van der Waals surface area contributed by atoms with E-state index in [0.29, 0.717) is 23.0 Å². The van der Waals surface area contributed by atoms with E-state index in [9.17, 15) is 4.79 Å². The lowest BCUT2D eigenvalue weighted by atomic mass is 10.1. The second kappa shape index (κ2) is 8.33. The number of likely N-dealkylation sites (N-methyl/N-ethyl adjacent to an activating group) is 1. The van der Waals surface area contributed by atoms with Gasteiger partial charge < -0.3 is 14.8 Å². The van der Waals surface area contributed by atoms with Crippen molar-refractivity contribution in [1.29, 1.82) is 0 Å². The molecule has 0 radical (unpaired) electrons. The van der Waals surface area contributed by atoms with Crippen LogP contribution < -0.4 is 10.2 Å². The first kappa shape index (κ1) is 20.6. The summed E-state index contributed by atoms with van der Waals surface area (Å²) in [6.07, 6.45) is 0.